The number of amides is 1. The Morgan fingerprint density at radius 2 is 2.17 bits per heavy atom. The molecule has 0 saturated carbocycles. The molecule has 98 valence electrons. The molecule has 0 saturated heterocycles. The summed E-state index contributed by atoms with van der Waals surface area (Å²) in [5.74, 6) is -2.50. The van der Waals surface area contributed by atoms with Gasteiger partial charge in [-0.05, 0) is 24.6 Å². The quantitative estimate of drug-likeness (QED) is 0.821. The minimum absolute atomic E-state index is 0.124. The summed E-state index contributed by atoms with van der Waals surface area (Å²) in [6.07, 6.45) is -1.15. The number of carbonyl (C=O) groups excluding carboxylic acids is 1. The first kappa shape index (κ1) is 14.1. The third-order valence-corrected chi connectivity index (χ3v) is 2.38. The van der Waals surface area contributed by atoms with Crippen molar-refractivity contribution in [2.45, 2.75) is 13.0 Å². The molecular formula is C12H14FNO4. The highest BCUT2D eigenvalue weighted by molar-refractivity contribution is 5.94. The van der Waals surface area contributed by atoms with E-state index in [1.165, 1.54) is 19.2 Å². The molecule has 0 aromatic heterocycles. The summed E-state index contributed by atoms with van der Waals surface area (Å²) in [5, 5.41) is 11.0. The number of nitrogens with one attached hydrogen (secondary N) is 1. The Morgan fingerprint density at radius 1 is 1.50 bits per heavy atom. The second-order valence-corrected chi connectivity index (χ2v) is 3.76. The van der Waals surface area contributed by atoms with Crippen LogP contribution >= 0.6 is 0 Å². The molecular weight excluding hydrogens is 241 g/mol. The van der Waals surface area contributed by atoms with Gasteiger partial charge in [0.25, 0.3) is 5.91 Å². The summed E-state index contributed by atoms with van der Waals surface area (Å²) in [7, 11) is 1.22. The molecule has 0 radical (unpaired) electrons. The van der Waals surface area contributed by atoms with Gasteiger partial charge in [0, 0.05) is 7.11 Å². The topological polar surface area (TPSA) is 75.6 Å². The highest BCUT2D eigenvalue weighted by Crippen LogP contribution is 2.09. The number of benzene rings is 1. The van der Waals surface area contributed by atoms with E-state index in [1.807, 2.05) is 0 Å². The number of methoxy groups -OCH3 is 1. The van der Waals surface area contributed by atoms with Crippen LogP contribution in [0.5, 0.6) is 0 Å². The second-order valence-electron chi connectivity index (χ2n) is 3.76. The normalized spacial score (nSPS) is 11.9. The molecule has 0 fully saturated rings. The predicted molar refractivity (Wildman–Crippen MR) is 61.9 cm³/mol. The van der Waals surface area contributed by atoms with E-state index in [-0.39, 0.29) is 12.1 Å². The van der Waals surface area contributed by atoms with Crippen molar-refractivity contribution in [3.8, 4) is 0 Å². The molecule has 1 aromatic rings. The molecule has 0 aliphatic heterocycles. The number of ether oxygens (including phenoxy) is 1. The first-order chi connectivity index (χ1) is 8.45. The van der Waals surface area contributed by atoms with Crippen LogP contribution in [0.4, 0.5) is 4.39 Å². The van der Waals surface area contributed by atoms with Crippen LogP contribution in [0.2, 0.25) is 0 Å². The van der Waals surface area contributed by atoms with Crippen molar-refractivity contribution in [3.05, 3.63) is 35.1 Å². The van der Waals surface area contributed by atoms with Crippen molar-refractivity contribution in [1.29, 1.82) is 0 Å². The van der Waals surface area contributed by atoms with Crippen LogP contribution in [0.15, 0.2) is 18.2 Å². The van der Waals surface area contributed by atoms with Crippen LogP contribution in [0, 0.1) is 12.7 Å². The molecule has 1 amide bonds. The van der Waals surface area contributed by atoms with Crippen molar-refractivity contribution in [3.63, 3.8) is 0 Å². The van der Waals surface area contributed by atoms with Crippen LogP contribution in [0.1, 0.15) is 15.9 Å². The highest BCUT2D eigenvalue weighted by Gasteiger charge is 2.18. The second kappa shape index (κ2) is 6.11. The minimum atomic E-state index is -1.19. The number of carboxylic acids is 1. The summed E-state index contributed by atoms with van der Waals surface area (Å²) in [6.45, 7) is 1.48. The molecule has 18 heavy (non-hydrogen) atoms. The molecule has 0 spiro atoms. The van der Waals surface area contributed by atoms with Crippen LogP contribution in [0.25, 0.3) is 0 Å². The summed E-state index contributed by atoms with van der Waals surface area (Å²) in [5.41, 5.74) is 0.574. The van der Waals surface area contributed by atoms with E-state index < -0.39 is 23.8 Å². The fourth-order valence-corrected chi connectivity index (χ4v) is 1.36. The van der Waals surface area contributed by atoms with Crippen LogP contribution in [-0.4, -0.2) is 36.7 Å². The summed E-state index contributed by atoms with van der Waals surface area (Å²) in [6, 6.07) is 4.19. The molecule has 0 bridgehead atoms. The lowest BCUT2D eigenvalue weighted by molar-refractivity contribution is -0.148. The Morgan fingerprint density at radius 3 is 2.67 bits per heavy atom. The van der Waals surface area contributed by atoms with Gasteiger partial charge < -0.3 is 15.2 Å². The zero-order valence-corrected chi connectivity index (χ0v) is 10.1. The molecule has 1 rings (SSSR count). The van der Waals surface area contributed by atoms with Crippen molar-refractivity contribution in [2.24, 2.45) is 0 Å². The molecule has 1 unspecified atom stereocenters. The Hall–Kier alpha value is -1.95. The van der Waals surface area contributed by atoms with Crippen molar-refractivity contribution in [1.82, 2.24) is 5.32 Å². The average molecular weight is 255 g/mol. The van der Waals surface area contributed by atoms with Crippen molar-refractivity contribution < 1.29 is 23.8 Å². The van der Waals surface area contributed by atoms with Crippen LogP contribution in [-0.2, 0) is 9.53 Å². The number of hydrogen-bond donors (Lipinski definition) is 2. The summed E-state index contributed by atoms with van der Waals surface area (Å²) >= 11 is 0. The molecule has 6 heteroatoms. The first-order valence-electron chi connectivity index (χ1n) is 5.25. The van der Waals surface area contributed by atoms with Gasteiger partial charge in [0.15, 0.2) is 6.10 Å². The van der Waals surface area contributed by atoms with Crippen LogP contribution in [0.3, 0.4) is 0 Å². The first-order valence-corrected chi connectivity index (χ1v) is 5.25. The van der Waals surface area contributed by atoms with Gasteiger partial charge in [0.1, 0.15) is 5.82 Å². The summed E-state index contributed by atoms with van der Waals surface area (Å²) in [4.78, 5) is 22.3. The molecule has 2 N–H and O–H groups in total. The number of hydrogen-bond acceptors (Lipinski definition) is 3. The number of aliphatic carboxylic acids is 1. The molecule has 1 atom stereocenters. The highest BCUT2D eigenvalue weighted by atomic mass is 19.1. The molecule has 0 aliphatic rings. The zero-order chi connectivity index (χ0) is 13.7. The fourth-order valence-electron chi connectivity index (χ4n) is 1.36. The molecule has 5 nitrogen and oxygen atoms in total. The maximum atomic E-state index is 13.5. The van der Waals surface area contributed by atoms with Gasteiger partial charge in [0.2, 0.25) is 0 Å². The Kier molecular flexibility index (Phi) is 4.79. The van der Waals surface area contributed by atoms with E-state index in [0.29, 0.717) is 5.56 Å². The van der Waals surface area contributed by atoms with Crippen molar-refractivity contribution in [2.75, 3.05) is 13.7 Å². The standard InChI is InChI=1S/C12H14FNO4/c1-7-3-4-8(9(13)5-7)11(15)14-6-10(18-2)12(16)17/h3-5,10H,6H2,1-2H3,(H,14,15)(H,16,17). The Bertz CT molecular complexity index is 461. The largest absolute Gasteiger partial charge is 0.479 e. The zero-order valence-electron chi connectivity index (χ0n) is 10.1. The van der Waals surface area contributed by atoms with Gasteiger partial charge in [-0.15, -0.1) is 0 Å². The van der Waals surface area contributed by atoms with Gasteiger partial charge in [0.05, 0.1) is 12.1 Å². The predicted octanol–water partition coefficient (Wildman–Crippen LogP) is 0.964. The number of rotatable bonds is 5. The number of carbonyl (C=O) groups is 2. The average Bonchev–Trinajstić information content (AvgIpc) is 2.28. The molecule has 1 aromatic carbocycles. The number of halogens is 1. The SMILES string of the molecule is COC(CNC(=O)c1ccc(C)cc1F)C(=O)O. The van der Waals surface area contributed by atoms with E-state index in [2.05, 4.69) is 10.1 Å². The van der Waals surface area contributed by atoms with E-state index in [4.69, 9.17) is 5.11 Å². The molecule has 0 heterocycles. The minimum Gasteiger partial charge on any atom is -0.479 e. The van der Waals surface area contributed by atoms with E-state index in [1.54, 1.807) is 13.0 Å². The monoisotopic (exact) mass is 255 g/mol. The lowest BCUT2D eigenvalue weighted by Gasteiger charge is -2.11. The smallest absolute Gasteiger partial charge is 0.334 e. The summed E-state index contributed by atoms with van der Waals surface area (Å²) < 4.78 is 18.1. The lowest BCUT2D eigenvalue weighted by atomic mass is 10.1. The van der Waals surface area contributed by atoms with Gasteiger partial charge in [-0.25, -0.2) is 9.18 Å². The maximum absolute atomic E-state index is 13.5. The van der Waals surface area contributed by atoms with E-state index >= 15 is 0 Å². The Balaban J connectivity index is 2.68. The maximum Gasteiger partial charge on any atom is 0.334 e. The van der Waals surface area contributed by atoms with Crippen molar-refractivity contribution >= 4 is 11.9 Å². The number of carboxylic acid groups (broad SMARTS) is 1. The van der Waals surface area contributed by atoms with Gasteiger partial charge >= 0.3 is 5.97 Å². The van der Waals surface area contributed by atoms with Gasteiger partial charge in [-0.3, -0.25) is 4.79 Å². The van der Waals surface area contributed by atoms with Gasteiger partial charge in [-0.1, -0.05) is 6.07 Å². The van der Waals surface area contributed by atoms with E-state index in [0.717, 1.165) is 0 Å². The fraction of sp³-hybridized carbons (Fsp3) is 0.333. The Labute approximate surface area is 104 Å². The third kappa shape index (κ3) is 3.53. The van der Waals surface area contributed by atoms with E-state index in [9.17, 15) is 14.0 Å². The van der Waals surface area contributed by atoms with Crippen LogP contribution < -0.4 is 5.32 Å². The van der Waals surface area contributed by atoms with Gasteiger partial charge in [-0.2, -0.15) is 0 Å². The number of aryl methyl sites for hydroxylation is 1. The lowest BCUT2D eigenvalue weighted by Crippen LogP contribution is -2.38. The molecule has 0 aliphatic carbocycles. The third-order valence-electron chi connectivity index (χ3n) is 2.38.